The van der Waals surface area contributed by atoms with Gasteiger partial charge < -0.3 is 0 Å². The van der Waals surface area contributed by atoms with Crippen LogP contribution >= 0.6 is 11.5 Å². The van der Waals surface area contributed by atoms with Crippen LogP contribution in [-0.2, 0) is 0 Å². The molecule has 0 saturated heterocycles. The number of fused-ring (bicyclic) bond motifs is 3. The van der Waals surface area contributed by atoms with Crippen LogP contribution in [-0.4, -0.2) is 6.69 Å². The van der Waals surface area contributed by atoms with Gasteiger partial charge in [0.2, 0.25) is 0 Å². The van der Waals surface area contributed by atoms with Crippen molar-refractivity contribution < 1.29 is 0 Å². The van der Waals surface area contributed by atoms with Gasteiger partial charge >= 0.3 is 0 Å². The molecule has 0 aliphatic carbocycles. The summed E-state index contributed by atoms with van der Waals surface area (Å²) in [5.74, 6) is 0. The molecule has 16 heavy (non-hydrogen) atoms. The highest BCUT2D eigenvalue weighted by molar-refractivity contribution is 7.02. The Hall–Kier alpha value is -1.47. The highest BCUT2D eigenvalue weighted by atomic mass is 35.5. The van der Waals surface area contributed by atoms with Gasteiger partial charge in [0.1, 0.15) is 0 Å². The molecule has 3 rings (SSSR count). The van der Waals surface area contributed by atoms with Crippen LogP contribution in [0.15, 0.2) is 54.6 Å². The van der Waals surface area contributed by atoms with E-state index in [-0.39, 0.29) is 0 Å². The van der Waals surface area contributed by atoms with Gasteiger partial charge in [0.25, 0.3) is 6.69 Å². The zero-order chi connectivity index (χ0) is 11.0. The fourth-order valence-corrected chi connectivity index (χ4v) is 2.35. The first-order chi connectivity index (χ1) is 7.90. The van der Waals surface area contributed by atoms with E-state index in [2.05, 4.69) is 48.5 Å². The molecule has 3 aromatic carbocycles. The smallest absolute Gasteiger partial charge is 0.197 e. The number of rotatable bonds is 1. The summed E-state index contributed by atoms with van der Waals surface area (Å²) in [6, 6.07) is 18.9. The molecule has 1 radical (unpaired) electrons. The summed E-state index contributed by atoms with van der Waals surface area (Å²) < 4.78 is 0. The molecule has 2 heteroatoms. The molecule has 0 amide bonds. The summed E-state index contributed by atoms with van der Waals surface area (Å²) in [5, 5.41) is 4.97. The van der Waals surface area contributed by atoms with Crippen molar-refractivity contribution in [2.75, 3.05) is 0 Å². The lowest BCUT2D eigenvalue weighted by atomic mass is 9.86. The Morgan fingerprint density at radius 1 is 0.750 bits per heavy atom. The zero-order valence-electron chi connectivity index (χ0n) is 8.65. The van der Waals surface area contributed by atoms with Crippen molar-refractivity contribution in [2.45, 2.75) is 0 Å². The van der Waals surface area contributed by atoms with Crippen LogP contribution in [0.25, 0.3) is 21.5 Å². The molecule has 0 N–H and O–H groups in total. The topological polar surface area (TPSA) is 0 Å². The van der Waals surface area contributed by atoms with Gasteiger partial charge in [0.05, 0.1) is 0 Å². The van der Waals surface area contributed by atoms with Crippen molar-refractivity contribution in [3.63, 3.8) is 0 Å². The largest absolute Gasteiger partial charge is 0.276 e. The summed E-state index contributed by atoms with van der Waals surface area (Å²) in [5.41, 5.74) is 1.08. The number of hydrogen-bond donors (Lipinski definition) is 0. The van der Waals surface area contributed by atoms with Gasteiger partial charge in [-0.05, 0) is 21.5 Å². The number of halogens is 1. The van der Waals surface area contributed by atoms with E-state index >= 15 is 0 Å². The third-order valence-electron chi connectivity index (χ3n) is 2.92. The molecular formula is C14H9BCl. The van der Waals surface area contributed by atoms with Gasteiger partial charge in [-0.1, -0.05) is 60.1 Å². The second kappa shape index (κ2) is 3.84. The van der Waals surface area contributed by atoms with Crippen molar-refractivity contribution in [3.8, 4) is 0 Å². The molecule has 0 unspecified atom stereocenters. The van der Waals surface area contributed by atoms with Gasteiger partial charge in [-0.2, -0.15) is 11.5 Å². The maximum Gasteiger partial charge on any atom is 0.276 e. The van der Waals surface area contributed by atoms with Crippen molar-refractivity contribution >= 4 is 45.2 Å². The van der Waals surface area contributed by atoms with E-state index in [1.165, 1.54) is 21.5 Å². The lowest BCUT2D eigenvalue weighted by Gasteiger charge is -2.07. The predicted octanol–water partition coefficient (Wildman–Crippen LogP) is 3.48. The molecule has 0 bridgehead atoms. The minimum absolute atomic E-state index is 1.08. The summed E-state index contributed by atoms with van der Waals surface area (Å²) in [7, 11) is 0. The van der Waals surface area contributed by atoms with Crippen LogP contribution in [0.1, 0.15) is 0 Å². The Labute approximate surface area is 100 Å². The first-order valence-electron chi connectivity index (χ1n) is 5.24. The van der Waals surface area contributed by atoms with Gasteiger partial charge in [0.15, 0.2) is 0 Å². The Morgan fingerprint density at radius 3 is 2.12 bits per heavy atom. The average Bonchev–Trinajstić information content (AvgIpc) is 2.38. The van der Waals surface area contributed by atoms with Crippen molar-refractivity contribution in [3.05, 3.63) is 54.6 Å². The molecule has 0 saturated carbocycles. The normalized spacial score (nSPS) is 10.8. The quantitative estimate of drug-likeness (QED) is 0.438. The standard InChI is InChI=1S/C14H9BCl/c16-15-14-9-10-5-1-2-6-11(10)12-7-3-4-8-13(12)14/h1-9H. The minimum Gasteiger partial charge on any atom is -0.197 e. The molecule has 0 nitrogen and oxygen atoms in total. The van der Waals surface area contributed by atoms with Crippen LogP contribution in [0, 0.1) is 0 Å². The van der Waals surface area contributed by atoms with E-state index in [4.69, 9.17) is 11.5 Å². The fourth-order valence-electron chi connectivity index (χ4n) is 2.17. The molecule has 75 valence electrons. The Bertz CT molecular complexity index is 661. The van der Waals surface area contributed by atoms with Crippen molar-refractivity contribution in [1.82, 2.24) is 0 Å². The molecule has 0 heterocycles. The lowest BCUT2D eigenvalue weighted by molar-refractivity contribution is 1.78. The summed E-state index contributed by atoms with van der Waals surface area (Å²) in [6.45, 7) is 1.65. The van der Waals surface area contributed by atoms with E-state index in [1.54, 1.807) is 6.69 Å². The third kappa shape index (κ3) is 1.40. The lowest BCUT2D eigenvalue weighted by Crippen LogP contribution is -2.09. The van der Waals surface area contributed by atoms with Crippen LogP contribution in [0.2, 0.25) is 0 Å². The molecule has 0 atom stereocenters. The first-order valence-corrected chi connectivity index (χ1v) is 5.68. The van der Waals surface area contributed by atoms with E-state index in [9.17, 15) is 0 Å². The van der Waals surface area contributed by atoms with E-state index < -0.39 is 0 Å². The molecule has 0 fully saturated rings. The molecule has 3 aromatic rings. The fraction of sp³-hybridized carbons (Fsp3) is 0. The monoisotopic (exact) mass is 223 g/mol. The number of benzene rings is 3. The maximum absolute atomic E-state index is 5.88. The summed E-state index contributed by atoms with van der Waals surface area (Å²) in [4.78, 5) is 0. The zero-order valence-corrected chi connectivity index (χ0v) is 9.41. The number of hydrogen-bond acceptors (Lipinski definition) is 0. The Balaban J connectivity index is 2.57. The molecule has 0 aliphatic rings. The first kappa shape index (κ1) is 9.74. The van der Waals surface area contributed by atoms with E-state index in [0.29, 0.717) is 0 Å². The molecule has 0 spiro atoms. The minimum atomic E-state index is 1.08. The van der Waals surface area contributed by atoms with Gasteiger partial charge in [-0.15, -0.1) is 0 Å². The summed E-state index contributed by atoms with van der Waals surface area (Å²) >= 11 is 5.88. The summed E-state index contributed by atoms with van der Waals surface area (Å²) in [6.07, 6.45) is 0. The van der Waals surface area contributed by atoms with E-state index in [0.717, 1.165) is 5.46 Å². The second-order valence-corrected chi connectivity index (χ2v) is 4.06. The van der Waals surface area contributed by atoms with Gasteiger partial charge in [-0.3, -0.25) is 0 Å². The van der Waals surface area contributed by atoms with Crippen LogP contribution in [0.3, 0.4) is 0 Å². The SMILES string of the molecule is Cl[B]c1cc2ccccc2c2ccccc12. The average molecular weight is 223 g/mol. The van der Waals surface area contributed by atoms with Crippen LogP contribution in [0.4, 0.5) is 0 Å². The predicted molar refractivity (Wildman–Crippen MR) is 72.7 cm³/mol. The Kier molecular flexibility index (Phi) is 2.34. The second-order valence-electron chi connectivity index (χ2n) is 3.84. The van der Waals surface area contributed by atoms with Crippen molar-refractivity contribution in [1.29, 1.82) is 0 Å². The maximum atomic E-state index is 5.88. The van der Waals surface area contributed by atoms with Gasteiger partial charge in [-0.25, -0.2) is 0 Å². The van der Waals surface area contributed by atoms with Crippen LogP contribution in [0.5, 0.6) is 0 Å². The highest BCUT2D eigenvalue weighted by Crippen LogP contribution is 2.23. The molecular weight excluding hydrogens is 214 g/mol. The van der Waals surface area contributed by atoms with E-state index in [1.807, 2.05) is 6.07 Å². The van der Waals surface area contributed by atoms with Crippen molar-refractivity contribution in [2.24, 2.45) is 0 Å². The highest BCUT2D eigenvalue weighted by Gasteiger charge is 2.05. The Morgan fingerprint density at radius 2 is 1.38 bits per heavy atom. The van der Waals surface area contributed by atoms with Crippen LogP contribution < -0.4 is 5.46 Å². The molecule has 0 aromatic heterocycles. The van der Waals surface area contributed by atoms with Gasteiger partial charge in [0, 0.05) is 0 Å². The third-order valence-corrected chi connectivity index (χ3v) is 3.15. The molecule has 0 aliphatic heterocycles.